The van der Waals surface area contributed by atoms with Gasteiger partial charge in [-0.25, -0.2) is 4.39 Å². The van der Waals surface area contributed by atoms with E-state index in [4.69, 9.17) is 9.47 Å². The van der Waals surface area contributed by atoms with Gasteiger partial charge in [-0.15, -0.1) is 0 Å². The molecule has 0 aliphatic carbocycles. The molecule has 1 fully saturated rings. The molecular formula is C12H16FNO2. The summed E-state index contributed by atoms with van der Waals surface area (Å²) in [5.41, 5.74) is 0. The highest BCUT2D eigenvalue weighted by Crippen LogP contribution is 2.15. The Bertz CT molecular complexity index is 346. The fourth-order valence-corrected chi connectivity index (χ4v) is 1.73. The van der Waals surface area contributed by atoms with E-state index in [2.05, 4.69) is 12.2 Å². The highest BCUT2D eigenvalue weighted by Gasteiger charge is 2.19. The van der Waals surface area contributed by atoms with Crippen LogP contribution in [-0.4, -0.2) is 31.9 Å². The van der Waals surface area contributed by atoms with E-state index in [-0.39, 0.29) is 11.9 Å². The molecule has 16 heavy (non-hydrogen) atoms. The van der Waals surface area contributed by atoms with Gasteiger partial charge in [-0.3, -0.25) is 0 Å². The fourth-order valence-electron chi connectivity index (χ4n) is 1.73. The Morgan fingerprint density at radius 2 is 2.25 bits per heavy atom. The van der Waals surface area contributed by atoms with Crippen molar-refractivity contribution in [1.82, 2.24) is 5.32 Å². The molecule has 1 heterocycles. The minimum atomic E-state index is -0.327. The number of hydrogen-bond acceptors (Lipinski definition) is 3. The molecule has 0 bridgehead atoms. The monoisotopic (exact) mass is 225 g/mol. The van der Waals surface area contributed by atoms with Gasteiger partial charge in [0.15, 0.2) is 11.6 Å². The number of hydrogen-bond donors (Lipinski definition) is 1. The molecule has 0 radical (unpaired) electrons. The van der Waals surface area contributed by atoms with Crippen LogP contribution in [0.25, 0.3) is 0 Å². The topological polar surface area (TPSA) is 30.5 Å². The normalized spacial score (nSPS) is 25.4. The maximum atomic E-state index is 13.2. The van der Waals surface area contributed by atoms with Gasteiger partial charge in [0.25, 0.3) is 0 Å². The van der Waals surface area contributed by atoms with Crippen molar-refractivity contribution in [3.05, 3.63) is 30.1 Å². The Hall–Kier alpha value is -1.13. The fraction of sp³-hybridized carbons (Fsp3) is 0.500. The van der Waals surface area contributed by atoms with Crippen LogP contribution in [0.15, 0.2) is 24.3 Å². The van der Waals surface area contributed by atoms with E-state index >= 15 is 0 Å². The Morgan fingerprint density at radius 3 is 3.00 bits per heavy atom. The molecule has 2 atom stereocenters. The minimum absolute atomic E-state index is 0.128. The van der Waals surface area contributed by atoms with E-state index in [1.54, 1.807) is 18.2 Å². The average Bonchev–Trinajstić information content (AvgIpc) is 2.28. The second kappa shape index (κ2) is 5.27. The summed E-state index contributed by atoms with van der Waals surface area (Å²) in [6, 6.07) is 6.87. The van der Waals surface area contributed by atoms with Crippen LogP contribution in [0.4, 0.5) is 4.39 Å². The van der Waals surface area contributed by atoms with Crippen LogP contribution in [0.5, 0.6) is 5.75 Å². The van der Waals surface area contributed by atoms with E-state index in [9.17, 15) is 4.39 Å². The van der Waals surface area contributed by atoms with Gasteiger partial charge in [-0.05, 0) is 19.1 Å². The lowest BCUT2D eigenvalue weighted by Gasteiger charge is -2.28. The maximum Gasteiger partial charge on any atom is 0.165 e. The predicted octanol–water partition coefficient (Wildman–Crippen LogP) is 1.58. The first-order valence-electron chi connectivity index (χ1n) is 5.47. The predicted molar refractivity (Wildman–Crippen MR) is 59.1 cm³/mol. The number of rotatable bonds is 3. The molecule has 1 aromatic rings. The number of benzene rings is 1. The molecule has 1 saturated heterocycles. The van der Waals surface area contributed by atoms with E-state index in [0.717, 1.165) is 6.61 Å². The summed E-state index contributed by atoms with van der Waals surface area (Å²) in [4.78, 5) is 0. The lowest BCUT2D eigenvalue weighted by atomic mass is 10.2. The third-order valence-electron chi connectivity index (χ3n) is 2.48. The quantitative estimate of drug-likeness (QED) is 0.847. The molecule has 1 aromatic carbocycles. The van der Waals surface area contributed by atoms with Crippen molar-refractivity contribution in [2.45, 2.75) is 19.0 Å². The smallest absolute Gasteiger partial charge is 0.165 e. The summed E-state index contributed by atoms with van der Waals surface area (Å²) in [7, 11) is 0. The number of halogens is 1. The number of ether oxygens (including phenoxy) is 2. The zero-order valence-corrected chi connectivity index (χ0v) is 9.28. The minimum Gasteiger partial charge on any atom is -0.489 e. The summed E-state index contributed by atoms with van der Waals surface area (Å²) in [6.07, 6.45) is 0. The third-order valence-corrected chi connectivity index (χ3v) is 2.48. The van der Waals surface area contributed by atoms with E-state index in [1.807, 2.05) is 0 Å². The SMILES string of the molecule is CC1COCC(COc2ccccc2F)N1. The van der Waals surface area contributed by atoms with Crippen LogP contribution < -0.4 is 10.1 Å². The molecule has 1 aliphatic heterocycles. The first-order chi connectivity index (χ1) is 7.75. The molecule has 0 aromatic heterocycles. The molecule has 1 N–H and O–H groups in total. The molecule has 2 rings (SSSR count). The Balaban J connectivity index is 1.85. The molecule has 1 aliphatic rings. The molecule has 0 spiro atoms. The third kappa shape index (κ3) is 2.93. The maximum absolute atomic E-state index is 13.2. The van der Waals surface area contributed by atoms with Gasteiger partial charge < -0.3 is 14.8 Å². The van der Waals surface area contributed by atoms with Crippen molar-refractivity contribution in [3.8, 4) is 5.75 Å². The van der Waals surface area contributed by atoms with Crippen molar-refractivity contribution in [2.75, 3.05) is 19.8 Å². The second-order valence-corrected chi connectivity index (χ2v) is 4.04. The molecule has 4 heteroatoms. The second-order valence-electron chi connectivity index (χ2n) is 4.04. The van der Waals surface area contributed by atoms with Crippen molar-refractivity contribution < 1.29 is 13.9 Å². The number of para-hydroxylation sites is 1. The molecule has 0 saturated carbocycles. The van der Waals surface area contributed by atoms with Crippen LogP contribution in [0.3, 0.4) is 0 Å². The Labute approximate surface area is 94.6 Å². The molecular weight excluding hydrogens is 209 g/mol. The van der Waals surface area contributed by atoms with Gasteiger partial charge in [0.2, 0.25) is 0 Å². The van der Waals surface area contributed by atoms with Gasteiger partial charge in [-0.1, -0.05) is 12.1 Å². The Morgan fingerprint density at radius 1 is 1.44 bits per heavy atom. The van der Waals surface area contributed by atoms with E-state index < -0.39 is 0 Å². The zero-order valence-electron chi connectivity index (χ0n) is 9.28. The van der Waals surface area contributed by atoms with Gasteiger partial charge >= 0.3 is 0 Å². The summed E-state index contributed by atoms with van der Waals surface area (Å²) >= 11 is 0. The van der Waals surface area contributed by atoms with Gasteiger partial charge in [0, 0.05) is 6.04 Å². The molecule has 88 valence electrons. The summed E-state index contributed by atoms with van der Waals surface area (Å²) in [5.74, 6) is -0.0326. The van der Waals surface area contributed by atoms with Gasteiger partial charge in [-0.2, -0.15) is 0 Å². The van der Waals surface area contributed by atoms with Crippen LogP contribution in [0.1, 0.15) is 6.92 Å². The van der Waals surface area contributed by atoms with Crippen LogP contribution >= 0.6 is 0 Å². The van der Waals surface area contributed by atoms with Crippen molar-refractivity contribution in [2.24, 2.45) is 0 Å². The number of morpholine rings is 1. The first-order valence-corrected chi connectivity index (χ1v) is 5.47. The van der Waals surface area contributed by atoms with Crippen LogP contribution in [-0.2, 0) is 4.74 Å². The molecule has 3 nitrogen and oxygen atoms in total. The number of nitrogens with one attached hydrogen (secondary N) is 1. The van der Waals surface area contributed by atoms with Gasteiger partial charge in [0.05, 0.1) is 19.3 Å². The summed E-state index contributed by atoms with van der Waals surface area (Å²) < 4.78 is 24.0. The van der Waals surface area contributed by atoms with E-state index in [0.29, 0.717) is 25.0 Å². The molecule has 0 amide bonds. The Kier molecular flexibility index (Phi) is 3.74. The zero-order chi connectivity index (χ0) is 11.4. The van der Waals surface area contributed by atoms with Crippen molar-refractivity contribution in [3.63, 3.8) is 0 Å². The van der Waals surface area contributed by atoms with Crippen LogP contribution in [0.2, 0.25) is 0 Å². The van der Waals surface area contributed by atoms with Crippen molar-refractivity contribution >= 4 is 0 Å². The molecule has 2 unspecified atom stereocenters. The lowest BCUT2D eigenvalue weighted by Crippen LogP contribution is -2.50. The lowest BCUT2D eigenvalue weighted by molar-refractivity contribution is 0.0348. The highest BCUT2D eigenvalue weighted by atomic mass is 19.1. The summed E-state index contributed by atoms with van der Waals surface area (Å²) in [5, 5.41) is 3.33. The van der Waals surface area contributed by atoms with E-state index in [1.165, 1.54) is 6.07 Å². The van der Waals surface area contributed by atoms with Crippen molar-refractivity contribution in [1.29, 1.82) is 0 Å². The highest BCUT2D eigenvalue weighted by molar-refractivity contribution is 5.23. The largest absolute Gasteiger partial charge is 0.489 e. The van der Waals surface area contributed by atoms with Gasteiger partial charge in [0.1, 0.15) is 6.61 Å². The van der Waals surface area contributed by atoms with Crippen LogP contribution in [0, 0.1) is 5.82 Å². The average molecular weight is 225 g/mol. The summed E-state index contributed by atoms with van der Waals surface area (Å²) in [6.45, 7) is 3.80. The first kappa shape index (κ1) is 11.4. The standard InChI is InChI=1S/C12H16FNO2/c1-9-6-15-7-10(14-9)8-16-12-5-3-2-4-11(12)13/h2-5,9-10,14H,6-8H2,1H3.